The highest BCUT2D eigenvalue weighted by atomic mass is 16.2. The van der Waals surface area contributed by atoms with Crippen LogP contribution in [0.25, 0.3) is 11.0 Å². The average molecular weight is 258 g/mol. The molecule has 0 radical (unpaired) electrons. The van der Waals surface area contributed by atoms with Gasteiger partial charge in [0.05, 0.1) is 11.0 Å². The quantitative estimate of drug-likeness (QED) is 0.858. The number of aromatic nitrogens is 2. The smallest absolute Gasteiger partial charge is 0.229 e. The molecule has 0 saturated heterocycles. The van der Waals surface area contributed by atoms with Crippen molar-refractivity contribution in [2.24, 2.45) is 11.7 Å². The topological polar surface area (TPSA) is 75.0 Å². The Bertz CT molecular complexity index is 627. The molecular weight excluding hydrogens is 240 g/mol. The number of imidazole rings is 1. The summed E-state index contributed by atoms with van der Waals surface area (Å²) in [6, 6.07) is 6.02. The predicted octanol–water partition coefficient (Wildman–Crippen LogP) is 1.57. The third-order valence-corrected chi connectivity index (χ3v) is 3.83. The molecule has 3 rings (SSSR count). The number of nitrogens with two attached hydrogens (primary N) is 1. The Morgan fingerprint density at radius 3 is 2.89 bits per heavy atom. The number of carbonyl (C=O) groups excluding carboxylic acids is 1. The second-order valence-corrected chi connectivity index (χ2v) is 5.35. The summed E-state index contributed by atoms with van der Waals surface area (Å²) in [7, 11) is 1.82. The van der Waals surface area contributed by atoms with Crippen LogP contribution < -0.4 is 10.6 Å². The Hall–Kier alpha value is -1.88. The number of H-pyrrole nitrogens is 1. The van der Waals surface area contributed by atoms with Crippen LogP contribution in [0.5, 0.6) is 0 Å². The number of nitrogens with one attached hydrogen (secondary N) is 1. The molecule has 1 heterocycles. The van der Waals surface area contributed by atoms with E-state index in [1.807, 2.05) is 32.2 Å². The van der Waals surface area contributed by atoms with E-state index < -0.39 is 0 Å². The summed E-state index contributed by atoms with van der Waals surface area (Å²) < 4.78 is 0. The number of aryl methyl sites for hydroxylation is 1. The lowest BCUT2D eigenvalue weighted by molar-refractivity contribution is -0.124. The van der Waals surface area contributed by atoms with E-state index >= 15 is 0 Å². The highest BCUT2D eigenvalue weighted by Crippen LogP contribution is 2.29. The molecule has 1 amide bonds. The summed E-state index contributed by atoms with van der Waals surface area (Å²) in [5.74, 6) is 1.11. The number of hydrogen-bond acceptors (Lipinski definition) is 3. The molecule has 0 aliphatic heterocycles. The summed E-state index contributed by atoms with van der Waals surface area (Å²) in [6.07, 6.45) is 1.60. The molecule has 2 aromatic rings. The molecule has 1 saturated carbocycles. The Morgan fingerprint density at radius 1 is 1.47 bits per heavy atom. The van der Waals surface area contributed by atoms with Gasteiger partial charge in [-0.25, -0.2) is 4.98 Å². The van der Waals surface area contributed by atoms with E-state index in [2.05, 4.69) is 9.97 Å². The number of anilines is 1. The van der Waals surface area contributed by atoms with Crippen LogP contribution in [0, 0.1) is 12.8 Å². The van der Waals surface area contributed by atoms with E-state index in [9.17, 15) is 4.79 Å². The summed E-state index contributed by atoms with van der Waals surface area (Å²) in [4.78, 5) is 21.5. The van der Waals surface area contributed by atoms with Crippen molar-refractivity contribution in [3.05, 3.63) is 24.0 Å². The molecule has 0 atom stereocenters. The van der Waals surface area contributed by atoms with Gasteiger partial charge in [-0.05, 0) is 38.0 Å². The van der Waals surface area contributed by atoms with Gasteiger partial charge in [0.25, 0.3) is 0 Å². The fraction of sp³-hybridized carbons (Fsp3) is 0.429. The fourth-order valence-corrected chi connectivity index (χ4v) is 2.60. The van der Waals surface area contributed by atoms with Gasteiger partial charge in [0.15, 0.2) is 0 Å². The van der Waals surface area contributed by atoms with Gasteiger partial charge in [0, 0.05) is 24.7 Å². The second kappa shape index (κ2) is 4.35. The van der Waals surface area contributed by atoms with E-state index in [0.717, 1.165) is 35.4 Å². The van der Waals surface area contributed by atoms with Crippen LogP contribution in [0.3, 0.4) is 0 Å². The normalized spacial score (nSPS) is 22.3. The highest BCUT2D eigenvalue weighted by molar-refractivity contribution is 5.96. The van der Waals surface area contributed by atoms with Gasteiger partial charge in [-0.2, -0.15) is 0 Å². The van der Waals surface area contributed by atoms with Crippen molar-refractivity contribution in [3.8, 4) is 0 Å². The lowest BCUT2D eigenvalue weighted by atomic mass is 9.80. The average Bonchev–Trinajstić information content (AvgIpc) is 2.72. The minimum Gasteiger partial charge on any atom is -0.342 e. The molecule has 0 unspecified atom stereocenters. The maximum Gasteiger partial charge on any atom is 0.229 e. The third-order valence-electron chi connectivity index (χ3n) is 3.83. The van der Waals surface area contributed by atoms with E-state index in [1.54, 1.807) is 4.90 Å². The molecule has 1 aliphatic carbocycles. The van der Waals surface area contributed by atoms with Crippen molar-refractivity contribution < 1.29 is 4.79 Å². The Labute approximate surface area is 111 Å². The predicted molar refractivity (Wildman–Crippen MR) is 74.9 cm³/mol. The molecule has 19 heavy (non-hydrogen) atoms. The number of benzene rings is 1. The zero-order chi connectivity index (χ0) is 13.6. The number of aromatic amines is 1. The molecule has 1 aromatic heterocycles. The molecule has 100 valence electrons. The molecule has 3 N–H and O–H groups in total. The van der Waals surface area contributed by atoms with Crippen molar-refractivity contribution in [2.45, 2.75) is 25.8 Å². The zero-order valence-corrected chi connectivity index (χ0v) is 11.2. The maximum absolute atomic E-state index is 12.3. The molecule has 5 nitrogen and oxygen atoms in total. The van der Waals surface area contributed by atoms with Crippen LogP contribution in [0.1, 0.15) is 18.7 Å². The van der Waals surface area contributed by atoms with Gasteiger partial charge >= 0.3 is 0 Å². The minimum atomic E-state index is 0.0826. The van der Waals surface area contributed by atoms with E-state index in [4.69, 9.17) is 5.73 Å². The first kappa shape index (κ1) is 12.2. The van der Waals surface area contributed by atoms with E-state index in [-0.39, 0.29) is 17.9 Å². The Balaban J connectivity index is 1.84. The lowest BCUT2D eigenvalue weighted by Gasteiger charge is -2.34. The maximum atomic E-state index is 12.3. The van der Waals surface area contributed by atoms with Crippen LogP contribution in [-0.2, 0) is 4.79 Å². The monoisotopic (exact) mass is 258 g/mol. The highest BCUT2D eigenvalue weighted by Gasteiger charge is 2.34. The molecule has 0 bridgehead atoms. The first-order chi connectivity index (χ1) is 9.04. The van der Waals surface area contributed by atoms with Crippen LogP contribution >= 0.6 is 0 Å². The Kier molecular flexibility index (Phi) is 2.78. The number of nitrogens with zero attached hydrogens (tertiary/aromatic N) is 2. The van der Waals surface area contributed by atoms with E-state index in [0.29, 0.717) is 0 Å². The van der Waals surface area contributed by atoms with Crippen molar-refractivity contribution >= 4 is 22.6 Å². The fourth-order valence-electron chi connectivity index (χ4n) is 2.60. The number of fused-ring (bicyclic) bond motifs is 1. The first-order valence-electron chi connectivity index (χ1n) is 6.54. The van der Waals surface area contributed by atoms with Crippen LogP contribution in [0.4, 0.5) is 5.69 Å². The molecule has 1 aromatic carbocycles. The summed E-state index contributed by atoms with van der Waals surface area (Å²) >= 11 is 0. The van der Waals surface area contributed by atoms with Gasteiger partial charge in [-0.3, -0.25) is 4.79 Å². The molecule has 5 heteroatoms. The summed E-state index contributed by atoms with van der Waals surface area (Å²) in [5, 5.41) is 0. The zero-order valence-electron chi connectivity index (χ0n) is 11.2. The molecular formula is C14H18N4O. The lowest BCUT2D eigenvalue weighted by Crippen LogP contribution is -2.45. The SMILES string of the molecule is Cc1nc2ccc(N(C)C(=O)C3CC(N)C3)cc2[nH]1. The van der Waals surface area contributed by atoms with Crippen molar-refractivity contribution in [3.63, 3.8) is 0 Å². The number of carbonyl (C=O) groups is 1. The minimum absolute atomic E-state index is 0.0826. The van der Waals surface area contributed by atoms with Crippen molar-refractivity contribution in [1.29, 1.82) is 0 Å². The number of rotatable bonds is 2. The first-order valence-corrected chi connectivity index (χ1v) is 6.54. The molecule has 0 spiro atoms. The van der Waals surface area contributed by atoms with Crippen molar-refractivity contribution in [1.82, 2.24) is 9.97 Å². The van der Waals surface area contributed by atoms with Crippen LogP contribution in [-0.4, -0.2) is 29.0 Å². The van der Waals surface area contributed by atoms with Gasteiger partial charge < -0.3 is 15.6 Å². The molecule has 1 fully saturated rings. The Morgan fingerprint density at radius 2 is 2.21 bits per heavy atom. The van der Waals surface area contributed by atoms with Crippen LogP contribution in [0.15, 0.2) is 18.2 Å². The van der Waals surface area contributed by atoms with E-state index in [1.165, 1.54) is 0 Å². The van der Waals surface area contributed by atoms with Gasteiger partial charge in [0.2, 0.25) is 5.91 Å². The van der Waals surface area contributed by atoms with Gasteiger partial charge in [-0.1, -0.05) is 0 Å². The largest absolute Gasteiger partial charge is 0.342 e. The summed E-state index contributed by atoms with van der Waals surface area (Å²) in [5.41, 5.74) is 8.51. The number of hydrogen-bond donors (Lipinski definition) is 2. The second-order valence-electron chi connectivity index (χ2n) is 5.35. The van der Waals surface area contributed by atoms with Gasteiger partial charge in [-0.15, -0.1) is 0 Å². The number of amides is 1. The molecule has 1 aliphatic rings. The standard InChI is InChI=1S/C14H18N4O/c1-8-16-12-4-3-11(7-13(12)17-8)18(2)14(19)9-5-10(15)6-9/h3-4,7,9-10H,5-6,15H2,1-2H3,(H,16,17). The van der Waals surface area contributed by atoms with Crippen molar-refractivity contribution in [2.75, 3.05) is 11.9 Å². The van der Waals surface area contributed by atoms with Crippen LogP contribution in [0.2, 0.25) is 0 Å². The third kappa shape index (κ3) is 2.10. The summed E-state index contributed by atoms with van der Waals surface area (Å²) in [6.45, 7) is 1.92. The van der Waals surface area contributed by atoms with Gasteiger partial charge in [0.1, 0.15) is 5.82 Å².